The Morgan fingerprint density at radius 2 is 1.77 bits per heavy atom. The molecule has 2 aliphatic rings. The number of nitriles is 1. The molecule has 39 heavy (non-hydrogen) atoms. The van der Waals surface area contributed by atoms with Gasteiger partial charge in [-0.2, -0.15) is 5.26 Å². The van der Waals surface area contributed by atoms with Crippen molar-refractivity contribution in [3.63, 3.8) is 0 Å². The van der Waals surface area contributed by atoms with Crippen LogP contribution in [0.5, 0.6) is 0 Å². The minimum Gasteiger partial charge on any atom is -0.368 e. The normalized spacial score (nSPS) is 18.9. The van der Waals surface area contributed by atoms with Crippen LogP contribution in [0.2, 0.25) is 0 Å². The molecule has 1 fully saturated rings. The van der Waals surface area contributed by atoms with Gasteiger partial charge in [-0.15, -0.1) is 0 Å². The van der Waals surface area contributed by atoms with E-state index in [0.29, 0.717) is 16.8 Å². The Morgan fingerprint density at radius 3 is 2.49 bits per heavy atom. The largest absolute Gasteiger partial charge is 0.368 e. The van der Waals surface area contributed by atoms with Gasteiger partial charge in [-0.3, -0.25) is 14.5 Å². The Labute approximate surface area is 230 Å². The molecule has 0 aliphatic carbocycles. The molecule has 5 rings (SSSR count). The van der Waals surface area contributed by atoms with Crippen LogP contribution in [0.4, 0.5) is 17.1 Å². The molecule has 2 atom stereocenters. The van der Waals surface area contributed by atoms with Gasteiger partial charge in [0.15, 0.2) is 0 Å². The lowest BCUT2D eigenvalue weighted by atomic mass is 9.91. The zero-order valence-corrected chi connectivity index (χ0v) is 22.8. The molecule has 0 saturated carbocycles. The number of carbonyl (C=O) groups excluding carboxylic acids is 2. The van der Waals surface area contributed by atoms with Gasteiger partial charge in [0.05, 0.1) is 17.3 Å². The molecule has 2 aliphatic heterocycles. The van der Waals surface area contributed by atoms with Crippen LogP contribution in [0.15, 0.2) is 66.7 Å². The van der Waals surface area contributed by atoms with Gasteiger partial charge < -0.3 is 15.5 Å². The number of hydrogen-bond acceptors (Lipinski definition) is 5. The van der Waals surface area contributed by atoms with E-state index < -0.39 is 0 Å². The Balaban J connectivity index is 1.40. The first-order chi connectivity index (χ1) is 18.9. The predicted octanol–water partition coefficient (Wildman–Crippen LogP) is 5.80. The van der Waals surface area contributed by atoms with E-state index in [1.54, 1.807) is 6.07 Å². The number of benzene rings is 3. The summed E-state index contributed by atoms with van der Waals surface area (Å²) in [4.78, 5) is 30.3. The summed E-state index contributed by atoms with van der Waals surface area (Å²) in [5.74, 6) is -0.119. The Kier molecular flexibility index (Phi) is 7.67. The molecule has 7 nitrogen and oxygen atoms in total. The lowest BCUT2D eigenvalue weighted by Crippen LogP contribution is -2.53. The third-order valence-electron chi connectivity index (χ3n) is 8.10. The summed E-state index contributed by atoms with van der Waals surface area (Å²) in [5.41, 5.74) is 5.73. The summed E-state index contributed by atoms with van der Waals surface area (Å²) in [6.45, 7) is 8.46. The zero-order valence-electron chi connectivity index (χ0n) is 22.8. The standard InChI is InChI=1S/C32H35N5O2/c1-4-22(5-2)31(38)34-24-14-15-29(23(18-24)19-33)36-16-17-37(21(3)20-36)30-25-10-6-7-11-26(25)32(39)35-28-13-9-8-12-27(28)30/h6-15,18,21-22,30H,4-5,16-17,20H2,1-3H3,(H,34,38)(H,35,39)/t21-,30?/m1/s1. The molecular weight excluding hydrogens is 486 g/mol. The molecule has 2 heterocycles. The topological polar surface area (TPSA) is 88.5 Å². The summed E-state index contributed by atoms with van der Waals surface area (Å²) >= 11 is 0. The SMILES string of the molecule is CCC(CC)C(=O)Nc1ccc(N2CCN(C3c4ccccc4NC(=O)c4ccccc43)[C@H](C)C2)c(C#N)c1. The van der Waals surface area contributed by atoms with E-state index in [4.69, 9.17) is 0 Å². The van der Waals surface area contributed by atoms with Gasteiger partial charge >= 0.3 is 0 Å². The maximum atomic E-state index is 13.1. The van der Waals surface area contributed by atoms with Crippen molar-refractivity contribution in [1.29, 1.82) is 5.26 Å². The maximum Gasteiger partial charge on any atom is 0.256 e. The quantitative estimate of drug-likeness (QED) is 0.428. The molecule has 3 aromatic rings. The fraction of sp³-hybridized carbons (Fsp3) is 0.344. The molecule has 2 amide bonds. The van der Waals surface area contributed by atoms with E-state index in [1.165, 1.54) is 0 Å². The van der Waals surface area contributed by atoms with E-state index in [1.807, 2.05) is 62.4 Å². The third kappa shape index (κ3) is 5.13. The highest BCUT2D eigenvalue weighted by molar-refractivity contribution is 6.07. The van der Waals surface area contributed by atoms with Crippen LogP contribution in [0.3, 0.4) is 0 Å². The van der Waals surface area contributed by atoms with Crippen molar-refractivity contribution >= 4 is 28.9 Å². The number of hydrogen-bond donors (Lipinski definition) is 2. The van der Waals surface area contributed by atoms with Crippen molar-refractivity contribution in [2.75, 3.05) is 35.2 Å². The fourth-order valence-electron chi connectivity index (χ4n) is 5.96. The minimum atomic E-state index is -0.0816. The van der Waals surface area contributed by atoms with E-state index in [2.05, 4.69) is 45.6 Å². The Hall–Kier alpha value is -4.15. The molecule has 0 bridgehead atoms. The number of carbonyl (C=O) groups is 2. The summed E-state index contributed by atoms with van der Waals surface area (Å²) < 4.78 is 0. The number of anilines is 3. The van der Waals surface area contributed by atoms with Gasteiger partial charge in [-0.25, -0.2) is 0 Å². The summed E-state index contributed by atoms with van der Waals surface area (Å²) in [7, 11) is 0. The van der Waals surface area contributed by atoms with E-state index in [9.17, 15) is 14.9 Å². The Bertz CT molecular complexity index is 1420. The van der Waals surface area contributed by atoms with Crippen molar-refractivity contribution < 1.29 is 9.59 Å². The monoisotopic (exact) mass is 521 g/mol. The molecular formula is C32H35N5O2. The number of piperazine rings is 1. The lowest BCUT2D eigenvalue weighted by Gasteiger charge is -2.45. The molecule has 3 aromatic carbocycles. The van der Waals surface area contributed by atoms with Crippen LogP contribution < -0.4 is 15.5 Å². The second-order valence-corrected chi connectivity index (χ2v) is 10.4. The highest BCUT2D eigenvalue weighted by Crippen LogP contribution is 2.40. The van der Waals surface area contributed by atoms with Crippen molar-refractivity contribution in [1.82, 2.24) is 4.90 Å². The Morgan fingerprint density at radius 1 is 1.05 bits per heavy atom. The molecule has 7 heteroatoms. The molecule has 0 spiro atoms. The first kappa shape index (κ1) is 26.5. The fourth-order valence-corrected chi connectivity index (χ4v) is 5.96. The van der Waals surface area contributed by atoms with E-state index >= 15 is 0 Å². The van der Waals surface area contributed by atoms with Crippen molar-refractivity contribution in [2.24, 2.45) is 5.92 Å². The van der Waals surface area contributed by atoms with Crippen LogP contribution >= 0.6 is 0 Å². The van der Waals surface area contributed by atoms with Crippen LogP contribution in [-0.2, 0) is 4.79 Å². The van der Waals surface area contributed by atoms with Crippen LogP contribution in [0.25, 0.3) is 0 Å². The number of nitrogens with one attached hydrogen (secondary N) is 2. The average Bonchev–Trinajstić information content (AvgIpc) is 3.07. The molecule has 0 radical (unpaired) electrons. The van der Waals surface area contributed by atoms with Crippen LogP contribution in [-0.4, -0.2) is 42.4 Å². The highest BCUT2D eigenvalue weighted by atomic mass is 16.2. The van der Waals surface area contributed by atoms with E-state index in [0.717, 1.165) is 55.0 Å². The molecule has 1 saturated heterocycles. The number of nitrogens with zero attached hydrogens (tertiary/aromatic N) is 3. The lowest BCUT2D eigenvalue weighted by molar-refractivity contribution is -0.120. The van der Waals surface area contributed by atoms with Gasteiger partial charge in [0.25, 0.3) is 5.91 Å². The van der Waals surface area contributed by atoms with Crippen molar-refractivity contribution in [3.05, 3.63) is 89.0 Å². The number of fused-ring (bicyclic) bond motifs is 2. The maximum absolute atomic E-state index is 13.1. The van der Waals surface area contributed by atoms with Gasteiger partial charge in [0.1, 0.15) is 6.07 Å². The van der Waals surface area contributed by atoms with E-state index in [-0.39, 0.29) is 29.8 Å². The number of para-hydroxylation sites is 1. The number of rotatable bonds is 6. The molecule has 1 unspecified atom stereocenters. The minimum absolute atomic E-state index is 0.00388. The first-order valence-electron chi connectivity index (χ1n) is 13.8. The summed E-state index contributed by atoms with van der Waals surface area (Å²) in [6.07, 6.45) is 1.57. The van der Waals surface area contributed by atoms with Crippen LogP contribution in [0.1, 0.15) is 66.7 Å². The van der Waals surface area contributed by atoms with Crippen molar-refractivity contribution in [3.8, 4) is 6.07 Å². The smallest absolute Gasteiger partial charge is 0.256 e. The summed E-state index contributed by atoms with van der Waals surface area (Å²) in [5, 5.41) is 16.1. The molecule has 0 aromatic heterocycles. The van der Waals surface area contributed by atoms with Gasteiger partial charge in [0.2, 0.25) is 5.91 Å². The van der Waals surface area contributed by atoms with Gasteiger partial charge in [0, 0.05) is 48.5 Å². The van der Waals surface area contributed by atoms with Gasteiger partial charge in [-0.05, 0) is 61.2 Å². The van der Waals surface area contributed by atoms with Crippen molar-refractivity contribution in [2.45, 2.75) is 45.7 Å². The van der Waals surface area contributed by atoms with Crippen LogP contribution in [0, 0.1) is 17.2 Å². The highest BCUT2D eigenvalue weighted by Gasteiger charge is 2.36. The second-order valence-electron chi connectivity index (χ2n) is 10.4. The second kappa shape index (κ2) is 11.3. The zero-order chi connectivity index (χ0) is 27.5. The number of amides is 2. The molecule has 200 valence electrons. The molecule has 2 N–H and O–H groups in total. The summed E-state index contributed by atoms with van der Waals surface area (Å²) in [6, 6.07) is 24.0. The first-order valence-corrected chi connectivity index (χ1v) is 13.8. The van der Waals surface area contributed by atoms with Gasteiger partial charge in [-0.1, -0.05) is 50.2 Å². The predicted molar refractivity (Wildman–Crippen MR) is 155 cm³/mol. The third-order valence-corrected chi connectivity index (χ3v) is 8.10. The average molecular weight is 522 g/mol.